The number of amidine groups is 1. The molecule has 0 saturated carbocycles. The lowest BCUT2D eigenvalue weighted by atomic mass is 10.2. The molecule has 0 fully saturated rings. The summed E-state index contributed by atoms with van der Waals surface area (Å²) in [7, 11) is 1.64. The highest BCUT2D eigenvalue weighted by Gasteiger charge is 2.06. The number of methoxy groups -OCH3 is 1. The maximum atomic E-state index is 5.63. The van der Waals surface area contributed by atoms with E-state index in [4.69, 9.17) is 10.5 Å². The SMILES string of the molecule is COc1ccc(-c2nnc(/N=C(/N)SC)s2)cc1. The van der Waals surface area contributed by atoms with Crippen molar-refractivity contribution in [1.82, 2.24) is 10.2 Å². The van der Waals surface area contributed by atoms with Gasteiger partial charge in [-0.15, -0.1) is 10.2 Å². The number of hydrogen-bond acceptors (Lipinski definition) is 6. The van der Waals surface area contributed by atoms with Crippen molar-refractivity contribution in [3.05, 3.63) is 24.3 Å². The van der Waals surface area contributed by atoms with Crippen molar-refractivity contribution >= 4 is 33.4 Å². The van der Waals surface area contributed by atoms with E-state index in [1.807, 2.05) is 30.5 Å². The van der Waals surface area contributed by atoms with E-state index in [9.17, 15) is 0 Å². The summed E-state index contributed by atoms with van der Waals surface area (Å²) in [4.78, 5) is 4.14. The molecule has 0 amide bonds. The number of hydrogen-bond donors (Lipinski definition) is 1. The number of nitrogens with two attached hydrogens (primary N) is 1. The van der Waals surface area contributed by atoms with E-state index in [1.54, 1.807) is 7.11 Å². The van der Waals surface area contributed by atoms with Crippen LogP contribution >= 0.6 is 23.1 Å². The Labute approximate surface area is 113 Å². The highest BCUT2D eigenvalue weighted by molar-refractivity contribution is 8.13. The van der Waals surface area contributed by atoms with E-state index < -0.39 is 0 Å². The Balaban J connectivity index is 2.23. The fourth-order valence-electron chi connectivity index (χ4n) is 1.25. The molecule has 0 unspecified atom stereocenters. The Bertz CT molecular complexity index is 550. The van der Waals surface area contributed by atoms with Crippen LogP contribution in [0.1, 0.15) is 0 Å². The first-order valence-corrected chi connectivity index (χ1v) is 7.13. The number of ether oxygens (including phenoxy) is 1. The molecule has 0 radical (unpaired) electrons. The molecule has 2 aromatic rings. The van der Waals surface area contributed by atoms with Crippen LogP contribution in [0, 0.1) is 0 Å². The second-order valence-corrected chi connectivity index (χ2v) is 5.05. The van der Waals surface area contributed by atoms with Crippen molar-refractivity contribution in [2.24, 2.45) is 10.7 Å². The zero-order valence-corrected chi connectivity index (χ0v) is 11.6. The lowest BCUT2D eigenvalue weighted by molar-refractivity contribution is 0.415. The van der Waals surface area contributed by atoms with Crippen LogP contribution in [-0.2, 0) is 0 Å². The Morgan fingerprint density at radius 1 is 1.33 bits per heavy atom. The van der Waals surface area contributed by atoms with Crippen molar-refractivity contribution < 1.29 is 4.74 Å². The van der Waals surface area contributed by atoms with Gasteiger partial charge >= 0.3 is 0 Å². The molecule has 0 atom stereocenters. The first-order valence-electron chi connectivity index (χ1n) is 5.09. The molecule has 2 N–H and O–H groups in total. The molecule has 1 aromatic carbocycles. The van der Waals surface area contributed by atoms with Gasteiger partial charge in [0.2, 0.25) is 5.13 Å². The van der Waals surface area contributed by atoms with Crippen molar-refractivity contribution in [3.8, 4) is 16.3 Å². The minimum atomic E-state index is 0.479. The molecule has 0 aliphatic heterocycles. The fraction of sp³-hybridized carbons (Fsp3) is 0.182. The topological polar surface area (TPSA) is 73.4 Å². The molecule has 2 rings (SSSR count). The summed E-state index contributed by atoms with van der Waals surface area (Å²) in [6.07, 6.45) is 1.87. The van der Waals surface area contributed by atoms with Crippen LogP contribution in [-0.4, -0.2) is 28.7 Å². The minimum Gasteiger partial charge on any atom is -0.497 e. The first-order chi connectivity index (χ1) is 8.72. The molecule has 18 heavy (non-hydrogen) atoms. The standard InChI is InChI=1S/C11H12N4OS2/c1-16-8-5-3-7(4-6-8)9-14-15-11(18-9)13-10(12)17-2/h3-6H,1-2H3,(H2,12,13,15). The van der Waals surface area contributed by atoms with E-state index in [1.165, 1.54) is 23.1 Å². The fourth-order valence-corrected chi connectivity index (χ4v) is 2.22. The van der Waals surface area contributed by atoms with Gasteiger partial charge < -0.3 is 10.5 Å². The van der Waals surface area contributed by atoms with Crippen LogP contribution in [0.15, 0.2) is 29.3 Å². The first kappa shape index (κ1) is 12.8. The predicted octanol–water partition coefficient (Wildman–Crippen LogP) is 2.52. The van der Waals surface area contributed by atoms with Gasteiger partial charge in [-0.25, -0.2) is 0 Å². The third-order valence-corrected chi connectivity index (χ3v) is 3.54. The summed E-state index contributed by atoms with van der Waals surface area (Å²) in [5, 5.41) is 9.92. The molecule has 0 aliphatic carbocycles. The van der Waals surface area contributed by atoms with Gasteiger partial charge in [-0.2, -0.15) is 4.99 Å². The van der Waals surface area contributed by atoms with Gasteiger partial charge in [0, 0.05) is 5.56 Å². The predicted molar refractivity (Wildman–Crippen MR) is 76.7 cm³/mol. The highest BCUT2D eigenvalue weighted by atomic mass is 32.2. The molecule has 7 heteroatoms. The van der Waals surface area contributed by atoms with Crippen molar-refractivity contribution in [2.75, 3.05) is 13.4 Å². The molecule has 5 nitrogen and oxygen atoms in total. The Kier molecular flexibility index (Phi) is 4.16. The largest absolute Gasteiger partial charge is 0.497 e. The molecular formula is C11H12N4OS2. The number of nitrogens with zero attached hydrogens (tertiary/aromatic N) is 3. The molecular weight excluding hydrogens is 268 g/mol. The highest BCUT2D eigenvalue weighted by Crippen LogP contribution is 2.29. The Morgan fingerprint density at radius 3 is 2.67 bits per heavy atom. The molecule has 1 heterocycles. The number of rotatable bonds is 3. The maximum Gasteiger partial charge on any atom is 0.234 e. The van der Waals surface area contributed by atoms with E-state index in [-0.39, 0.29) is 0 Å². The molecule has 94 valence electrons. The van der Waals surface area contributed by atoms with Gasteiger partial charge in [-0.1, -0.05) is 23.1 Å². The third-order valence-electron chi connectivity index (χ3n) is 2.17. The van der Waals surface area contributed by atoms with Crippen LogP contribution in [0.3, 0.4) is 0 Å². The van der Waals surface area contributed by atoms with Crippen molar-refractivity contribution in [3.63, 3.8) is 0 Å². The summed E-state index contributed by atoms with van der Waals surface area (Å²) in [6.45, 7) is 0. The van der Waals surface area contributed by atoms with Gasteiger partial charge in [-0.05, 0) is 30.5 Å². The molecule has 0 bridgehead atoms. The number of aliphatic imine (C=N–C) groups is 1. The zero-order valence-electron chi connectivity index (χ0n) is 9.95. The molecule has 0 aliphatic rings. The molecule has 1 aromatic heterocycles. The maximum absolute atomic E-state index is 5.63. The van der Waals surface area contributed by atoms with Crippen LogP contribution in [0.25, 0.3) is 10.6 Å². The summed E-state index contributed by atoms with van der Waals surface area (Å²) < 4.78 is 5.10. The summed E-state index contributed by atoms with van der Waals surface area (Å²) in [6, 6.07) is 7.64. The average molecular weight is 280 g/mol. The second kappa shape index (κ2) is 5.83. The Morgan fingerprint density at radius 2 is 2.06 bits per heavy atom. The van der Waals surface area contributed by atoms with Gasteiger partial charge in [0.05, 0.1) is 7.11 Å². The van der Waals surface area contributed by atoms with Crippen LogP contribution in [0.2, 0.25) is 0 Å². The van der Waals surface area contributed by atoms with Crippen LogP contribution in [0.4, 0.5) is 5.13 Å². The van der Waals surface area contributed by atoms with Gasteiger partial charge in [0.25, 0.3) is 0 Å². The van der Waals surface area contributed by atoms with E-state index in [2.05, 4.69) is 15.2 Å². The van der Waals surface area contributed by atoms with Gasteiger partial charge in [0.15, 0.2) is 5.17 Å². The van der Waals surface area contributed by atoms with E-state index >= 15 is 0 Å². The monoisotopic (exact) mass is 280 g/mol. The van der Waals surface area contributed by atoms with E-state index in [0.29, 0.717) is 10.3 Å². The van der Waals surface area contributed by atoms with Crippen molar-refractivity contribution in [2.45, 2.75) is 0 Å². The summed E-state index contributed by atoms with van der Waals surface area (Å²) in [5.41, 5.74) is 6.61. The van der Waals surface area contributed by atoms with Crippen LogP contribution < -0.4 is 10.5 Å². The normalized spacial score (nSPS) is 11.6. The van der Waals surface area contributed by atoms with Crippen LogP contribution in [0.5, 0.6) is 5.75 Å². The third kappa shape index (κ3) is 2.99. The summed E-state index contributed by atoms with van der Waals surface area (Å²) >= 11 is 2.78. The smallest absolute Gasteiger partial charge is 0.234 e. The lowest BCUT2D eigenvalue weighted by Crippen LogP contribution is -2.03. The molecule has 0 saturated heterocycles. The average Bonchev–Trinajstić information content (AvgIpc) is 2.87. The lowest BCUT2D eigenvalue weighted by Gasteiger charge is -1.99. The minimum absolute atomic E-state index is 0.479. The number of aromatic nitrogens is 2. The number of benzene rings is 1. The van der Waals surface area contributed by atoms with Crippen molar-refractivity contribution in [1.29, 1.82) is 0 Å². The van der Waals surface area contributed by atoms with Gasteiger partial charge in [-0.3, -0.25) is 0 Å². The Hall–Kier alpha value is -1.60. The van der Waals surface area contributed by atoms with Gasteiger partial charge in [0.1, 0.15) is 10.8 Å². The quantitative estimate of drug-likeness (QED) is 0.691. The van der Waals surface area contributed by atoms with E-state index in [0.717, 1.165) is 16.3 Å². The number of thioether (sulfide) groups is 1. The second-order valence-electron chi connectivity index (χ2n) is 3.27. The molecule has 0 spiro atoms. The summed E-state index contributed by atoms with van der Waals surface area (Å²) in [5.74, 6) is 0.813. The zero-order chi connectivity index (χ0) is 13.0.